The van der Waals surface area contributed by atoms with E-state index in [9.17, 15) is 4.79 Å². The second-order valence-corrected chi connectivity index (χ2v) is 6.16. The molecule has 1 amide bonds. The summed E-state index contributed by atoms with van der Waals surface area (Å²) < 4.78 is 0. The number of likely N-dealkylation sites (N-methyl/N-ethyl adjacent to an activating group) is 1. The normalized spacial score (nSPS) is 17.9. The summed E-state index contributed by atoms with van der Waals surface area (Å²) in [5.41, 5.74) is 0.913. The van der Waals surface area contributed by atoms with E-state index in [0.29, 0.717) is 6.54 Å². The molecule has 6 nitrogen and oxygen atoms in total. The molecule has 1 atom stereocenters. The van der Waals surface area contributed by atoms with Gasteiger partial charge in [-0.05, 0) is 39.1 Å². The van der Waals surface area contributed by atoms with Gasteiger partial charge in [0.25, 0.3) is 0 Å². The smallest absolute Gasteiger partial charge is 0.242 e. The highest BCUT2D eigenvalue weighted by atomic mass is 16.2. The van der Waals surface area contributed by atoms with Crippen LogP contribution in [0, 0.1) is 0 Å². The Kier molecular flexibility index (Phi) is 4.71. The van der Waals surface area contributed by atoms with Gasteiger partial charge in [-0.1, -0.05) is 12.1 Å². The maximum Gasteiger partial charge on any atom is 0.242 e. The van der Waals surface area contributed by atoms with Crippen LogP contribution >= 0.6 is 0 Å². The number of hydrogen-bond acceptors (Lipinski definition) is 5. The molecular weight excluding hydrogens is 290 g/mol. The molecular formula is C17H23N5O. The number of amides is 1. The third-order valence-electron chi connectivity index (χ3n) is 4.21. The van der Waals surface area contributed by atoms with Crippen molar-refractivity contribution in [2.75, 3.05) is 38.6 Å². The Labute approximate surface area is 136 Å². The van der Waals surface area contributed by atoms with E-state index in [-0.39, 0.29) is 11.9 Å². The Balaban J connectivity index is 1.79. The van der Waals surface area contributed by atoms with E-state index in [1.54, 1.807) is 6.33 Å². The van der Waals surface area contributed by atoms with E-state index in [4.69, 9.17) is 0 Å². The number of aromatic nitrogens is 2. The number of carbonyl (C=O) groups is 1. The number of nitrogens with zero attached hydrogens (tertiary/aromatic N) is 4. The Morgan fingerprint density at radius 1 is 1.35 bits per heavy atom. The first kappa shape index (κ1) is 15.7. The van der Waals surface area contributed by atoms with Gasteiger partial charge in [-0.2, -0.15) is 0 Å². The molecule has 1 aliphatic rings. The van der Waals surface area contributed by atoms with Crippen LogP contribution in [0.2, 0.25) is 0 Å². The van der Waals surface area contributed by atoms with E-state index in [2.05, 4.69) is 25.1 Å². The lowest BCUT2D eigenvalue weighted by Crippen LogP contribution is -2.45. The minimum Gasteiger partial charge on any atom is -0.353 e. The standard InChI is InChI=1S/C17H23N5O/c1-21(2)11-9-18-17(23)15-8-5-10-22(15)16-13-6-3-4-7-14(13)19-12-20-16/h3-4,6-7,12,15H,5,8-11H2,1-2H3,(H,18,23). The number of nitrogens with one attached hydrogen (secondary N) is 1. The van der Waals surface area contributed by atoms with Crippen molar-refractivity contribution in [1.29, 1.82) is 0 Å². The van der Waals surface area contributed by atoms with Crippen molar-refractivity contribution in [3.05, 3.63) is 30.6 Å². The van der Waals surface area contributed by atoms with Gasteiger partial charge in [0, 0.05) is 25.0 Å². The molecule has 1 aliphatic heterocycles. The lowest BCUT2D eigenvalue weighted by atomic mass is 10.2. The van der Waals surface area contributed by atoms with Gasteiger partial charge in [-0.3, -0.25) is 4.79 Å². The summed E-state index contributed by atoms with van der Waals surface area (Å²) in [4.78, 5) is 25.5. The number of fused-ring (bicyclic) bond motifs is 1. The van der Waals surface area contributed by atoms with E-state index < -0.39 is 0 Å². The SMILES string of the molecule is CN(C)CCNC(=O)C1CCCN1c1ncnc2ccccc12. The van der Waals surface area contributed by atoms with Gasteiger partial charge >= 0.3 is 0 Å². The van der Waals surface area contributed by atoms with Gasteiger partial charge in [0.1, 0.15) is 18.2 Å². The molecule has 0 aliphatic carbocycles. The first-order valence-corrected chi connectivity index (χ1v) is 8.05. The van der Waals surface area contributed by atoms with Crippen LogP contribution < -0.4 is 10.2 Å². The van der Waals surface area contributed by atoms with Crippen molar-refractivity contribution < 1.29 is 4.79 Å². The Morgan fingerprint density at radius 3 is 3.00 bits per heavy atom. The Morgan fingerprint density at radius 2 is 2.17 bits per heavy atom. The van der Waals surface area contributed by atoms with Crippen molar-refractivity contribution in [3.63, 3.8) is 0 Å². The van der Waals surface area contributed by atoms with Crippen molar-refractivity contribution in [2.24, 2.45) is 0 Å². The fraction of sp³-hybridized carbons (Fsp3) is 0.471. The van der Waals surface area contributed by atoms with Crippen molar-refractivity contribution >= 4 is 22.6 Å². The highest BCUT2D eigenvalue weighted by Crippen LogP contribution is 2.29. The molecule has 122 valence electrons. The molecule has 0 bridgehead atoms. The fourth-order valence-corrected chi connectivity index (χ4v) is 3.03. The first-order valence-electron chi connectivity index (χ1n) is 8.05. The lowest BCUT2D eigenvalue weighted by molar-refractivity contribution is -0.122. The summed E-state index contributed by atoms with van der Waals surface area (Å²) >= 11 is 0. The molecule has 6 heteroatoms. The summed E-state index contributed by atoms with van der Waals surface area (Å²) in [5.74, 6) is 0.952. The zero-order chi connectivity index (χ0) is 16.2. The molecule has 0 saturated carbocycles. The largest absolute Gasteiger partial charge is 0.353 e. The molecule has 1 fully saturated rings. The summed E-state index contributed by atoms with van der Waals surface area (Å²) in [5, 5.41) is 4.04. The quantitative estimate of drug-likeness (QED) is 0.901. The molecule has 2 heterocycles. The molecule has 2 aromatic rings. The average molecular weight is 313 g/mol. The highest BCUT2D eigenvalue weighted by Gasteiger charge is 2.32. The Bertz CT molecular complexity index is 682. The third-order valence-corrected chi connectivity index (χ3v) is 4.21. The summed E-state index contributed by atoms with van der Waals surface area (Å²) in [6, 6.07) is 7.80. The maximum atomic E-state index is 12.5. The van der Waals surface area contributed by atoms with Crippen molar-refractivity contribution in [2.45, 2.75) is 18.9 Å². The Hall–Kier alpha value is -2.21. The van der Waals surface area contributed by atoms with Crippen molar-refractivity contribution in [1.82, 2.24) is 20.2 Å². The molecule has 0 radical (unpaired) electrons. The summed E-state index contributed by atoms with van der Waals surface area (Å²) in [6.45, 7) is 2.36. The van der Waals surface area contributed by atoms with E-state index in [0.717, 1.165) is 42.7 Å². The van der Waals surface area contributed by atoms with E-state index >= 15 is 0 Å². The van der Waals surface area contributed by atoms with Crippen LogP contribution in [0.5, 0.6) is 0 Å². The molecule has 1 unspecified atom stereocenters. The minimum atomic E-state index is -0.143. The molecule has 0 spiro atoms. The van der Waals surface area contributed by atoms with Crippen LogP contribution in [0.15, 0.2) is 30.6 Å². The van der Waals surface area contributed by atoms with E-state index in [1.807, 2.05) is 38.4 Å². The molecule has 1 aromatic heterocycles. The van der Waals surface area contributed by atoms with Crippen LogP contribution in [-0.2, 0) is 4.79 Å². The molecule has 3 rings (SSSR count). The van der Waals surface area contributed by atoms with Crippen LogP contribution in [0.3, 0.4) is 0 Å². The predicted molar refractivity (Wildman–Crippen MR) is 91.5 cm³/mol. The first-order chi connectivity index (χ1) is 11.2. The predicted octanol–water partition coefficient (Wildman–Crippen LogP) is 1.28. The third kappa shape index (κ3) is 3.42. The van der Waals surface area contributed by atoms with Gasteiger partial charge in [-0.25, -0.2) is 9.97 Å². The minimum absolute atomic E-state index is 0.0899. The zero-order valence-electron chi connectivity index (χ0n) is 13.7. The number of benzene rings is 1. The molecule has 23 heavy (non-hydrogen) atoms. The second kappa shape index (κ2) is 6.91. The number of rotatable bonds is 5. The fourth-order valence-electron chi connectivity index (χ4n) is 3.03. The van der Waals surface area contributed by atoms with E-state index in [1.165, 1.54) is 0 Å². The van der Waals surface area contributed by atoms with Crippen LogP contribution in [0.4, 0.5) is 5.82 Å². The van der Waals surface area contributed by atoms with Gasteiger partial charge in [0.15, 0.2) is 0 Å². The second-order valence-electron chi connectivity index (χ2n) is 6.16. The van der Waals surface area contributed by atoms with Crippen LogP contribution in [-0.4, -0.2) is 60.5 Å². The van der Waals surface area contributed by atoms with Gasteiger partial charge < -0.3 is 15.1 Å². The molecule has 1 saturated heterocycles. The van der Waals surface area contributed by atoms with Gasteiger partial charge in [0.2, 0.25) is 5.91 Å². The number of hydrogen-bond donors (Lipinski definition) is 1. The van der Waals surface area contributed by atoms with Crippen LogP contribution in [0.25, 0.3) is 10.9 Å². The number of anilines is 1. The van der Waals surface area contributed by atoms with Gasteiger partial charge in [0.05, 0.1) is 5.52 Å². The molecule has 1 N–H and O–H groups in total. The maximum absolute atomic E-state index is 12.5. The highest BCUT2D eigenvalue weighted by molar-refractivity contribution is 5.93. The zero-order valence-corrected chi connectivity index (χ0v) is 13.7. The van der Waals surface area contributed by atoms with Crippen molar-refractivity contribution in [3.8, 4) is 0 Å². The van der Waals surface area contributed by atoms with Gasteiger partial charge in [-0.15, -0.1) is 0 Å². The van der Waals surface area contributed by atoms with Crippen LogP contribution in [0.1, 0.15) is 12.8 Å². The monoisotopic (exact) mass is 313 g/mol. The molecule has 1 aromatic carbocycles. The lowest BCUT2D eigenvalue weighted by Gasteiger charge is -2.26. The summed E-state index contributed by atoms with van der Waals surface area (Å²) in [7, 11) is 4.00. The topological polar surface area (TPSA) is 61.4 Å². The number of para-hydroxylation sites is 1. The summed E-state index contributed by atoms with van der Waals surface area (Å²) in [6.07, 6.45) is 3.45. The number of carbonyl (C=O) groups excluding carboxylic acids is 1. The average Bonchev–Trinajstić information content (AvgIpc) is 3.03.